The number of hydrogen-bond acceptors (Lipinski definition) is 2. The van der Waals surface area contributed by atoms with Crippen LogP contribution in [0.2, 0.25) is 0 Å². The van der Waals surface area contributed by atoms with Crippen molar-refractivity contribution in [1.82, 2.24) is 0 Å². The lowest BCUT2D eigenvalue weighted by Gasteiger charge is -1.82. The van der Waals surface area contributed by atoms with Crippen molar-refractivity contribution in [2.24, 2.45) is 0 Å². The summed E-state index contributed by atoms with van der Waals surface area (Å²) in [5, 5.41) is 8.58. The highest BCUT2D eigenvalue weighted by atomic mass is 16.4. The Hall–Kier alpha value is -1.20. The first-order valence-corrected chi connectivity index (χ1v) is 2.99. The van der Waals surface area contributed by atoms with Crippen LogP contribution in [0.15, 0.2) is 16.5 Å². The van der Waals surface area contributed by atoms with Gasteiger partial charge in [-0.3, -0.25) is 0 Å². The number of hydrogen-bond donors (Lipinski definition) is 1. The Morgan fingerprint density at radius 1 is 1.60 bits per heavy atom. The van der Waals surface area contributed by atoms with Gasteiger partial charge in [0.15, 0.2) is 5.76 Å². The van der Waals surface area contributed by atoms with Gasteiger partial charge in [0.05, 0.1) is 0 Å². The van der Waals surface area contributed by atoms with E-state index in [-0.39, 0.29) is 6.61 Å². The highest BCUT2D eigenvalue weighted by molar-refractivity contribution is 5.25. The molecule has 1 N–H and O–H groups in total. The molecule has 0 aliphatic heterocycles. The Labute approximate surface area is 59.5 Å². The molecule has 0 aromatic carbocycles. The van der Waals surface area contributed by atoms with E-state index in [2.05, 4.69) is 11.8 Å². The molecule has 2 heteroatoms. The van der Waals surface area contributed by atoms with E-state index < -0.39 is 0 Å². The van der Waals surface area contributed by atoms with Gasteiger partial charge in [-0.1, -0.05) is 5.92 Å². The molecule has 0 amide bonds. The van der Waals surface area contributed by atoms with Crippen molar-refractivity contribution >= 4 is 0 Å². The number of aliphatic hydroxyl groups excluding tert-OH is 1. The van der Waals surface area contributed by atoms with E-state index in [1.807, 2.05) is 0 Å². The van der Waals surface area contributed by atoms with Crippen molar-refractivity contribution in [2.45, 2.75) is 13.5 Å². The topological polar surface area (TPSA) is 33.4 Å². The van der Waals surface area contributed by atoms with E-state index in [1.165, 1.54) is 0 Å². The highest BCUT2D eigenvalue weighted by Gasteiger charge is 1.95. The third kappa shape index (κ3) is 1.40. The molecule has 0 unspecified atom stereocenters. The van der Waals surface area contributed by atoms with Gasteiger partial charge in [0.1, 0.15) is 12.4 Å². The van der Waals surface area contributed by atoms with Crippen molar-refractivity contribution < 1.29 is 9.52 Å². The molecule has 1 aromatic rings. The second kappa shape index (κ2) is 3.09. The van der Waals surface area contributed by atoms with E-state index in [4.69, 9.17) is 9.52 Å². The normalized spacial score (nSPS) is 8.60. The first-order valence-electron chi connectivity index (χ1n) is 2.99. The highest BCUT2D eigenvalue weighted by Crippen LogP contribution is 2.05. The predicted octanol–water partition coefficient (Wildman–Crippen LogP) is 1.14. The lowest BCUT2D eigenvalue weighted by atomic mass is 10.4. The van der Waals surface area contributed by atoms with Crippen LogP contribution >= 0.6 is 0 Å². The first kappa shape index (κ1) is 6.91. The Balaban J connectivity index is 2.84. The monoisotopic (exact) mass is 136 g/mol. The molecule has 0 aliphatic carbocycles. The van der Waals surface area contributed by atoms with Crippen molar-refractivity contribution in [2.75, 3.05) is 0 Å². The summed E-state index contributed by atoms with van der Waals surface area (Å²) in [5.74, 6) is 6.59. The lowest BCUT2D eigenvalue weighted by Crippen LogP contribution is -1.73. The van der Waals surface area contributed by atoms with E-state index in [0.29, 0.717) is 11.5 Å². The minimum atomic E-state index is -0.0641. The van der Waals surface area contributed by atoms with Gasteiger partial charge in [-0.2, -0.15) is 0 Å². The first-order chi connectivity index (χ1) is 4.86. The standard InChI is InChI=1S/C8H8O2/c1-2-3-7-4-5-8(6-9)10-7/h4-5,9H,6H2,1H3. The maximum absolute atomic E-state index is 8.58. The second-order valence-electron chi connectivity index (χ2n) is 1.80. The molecule has 0 bridgehead atoms. The van der Waals surface area contributed by atoms with Crippen LogP contribution < -0.4 is 0 Å². The van der Waals surface area contributed by atoms with Gasteiger partial charge in [0, 0.05) is 0 Å². The van der Waals surface area contributed by atoms with Crippen LogP contribution in [0.5, 0.6) is 0 Å². The van der Waals surface area contributed by atoms with Gasteiger partial charge >= 0.3 is 0 Å². The van der Waals surface area contributed by atoms with Crippen LogP contribution in [0.25, 0.3) is 0 Å². The summed E-state index contributed by atoms with van der Waals surface area (Å²) in [6.45, 7) is 1.67. The smallest absolute Gasteiger partial charge is 0.177 e. The summed E-state index contributed by atoms with van der Waals surface area (Å²) < 4.78 is 5.05. The van der Waals surface area contributed by atoms with Gasteiger partial charge in [-0.15, -0.1) is 0 Å². The fourth-order valence-electron chi connectivity index (χ4n) is 0.653. The molecule has 1 heterocycles. The largest absolute Gasteiger partial charge is 0.450 e. The molecule has 0 spiro atoms. The molecular formula is C8H8O2. The molecule has 0 aliphatic rings. The summed E-state index contributed by atoms with van der Waals surface area (Å²) in [6.07, 6.45) is 0. The van der Waals surface area contributed by atoms with E-state index in [1.54, 1.807) is 19.1 Å². The average Bonchev–Trinajstić information content (AvgIpc) is 2.37. The zero-order valence-corrected chi connectivity index (χ0v) is 5.72. The number of rotatable bonds is 1. The molecule has 0 radical (unpaired) electrons. The van der Waals surface area contributed by atoms with E-state index >= 15 is 0 Å². The van der Waals surface area contributed by atoms with Gasteiger partial charge in [-0.05, 0) is 25.0 Å². The van der Waals surface area contributed by atoms with Gasteiger partial charge in [0.25, 0.3) is 0 Å². The Kier molecular flexibility index (Phi) is 2.14. The summed E-state index contributed by atoms with van der Waals surface area (Å²) in [4.78, 5) is 0. The SMILES string of the molecule is CC#Cc1ccc(CO)o1. The van der Waals surface area contributed by atoms with Gasteiger partial charge in [0.2, 0.25) is 0 Å². The quantitative estimate of drug-likeness (QED) is 0.587. The molecule has 10 heavy (non-hydrogen) atoms. The molecular weight excluding hydrogens is 128 g/mol. The van der Waals surface area contributed by atoms with Crippen LogP contribution in [-0.4, -0.2) is 5.11 Å². The second-order valence-corrected chi connectivity index (χ2v) is 1.80. The number of furan rings is 1. The molecule has 1 aromatic heterocycles. The Morgan fingerprint density at radius 3 is 2.90 bits per heavy atom. The molecule has 2 nitrogen and oxygen atoms in total. The molecule has 0 atom stereocenters. The van der Waals surface area contributed by atoms with Crippen LogP contribution in [0.4, 0.5) is 0 Å². The van der Waals surface area contributed by atoms with Gasteiger partial charge in [-0.25, -0.2) is 0 Å². The fraction of sp³-hybridized carbons (Fsp3) is 0.250. The van der Waals surface area contributed by atoms with Crippen LogP contribution in [-0.2, 0) is 6.61 Å². The van der Waals surface area contributed by atoms with Crippen molar-refractivity contribution in [3.8, 4) is 11.8 Å². The van der Waals surface area contributed by atoms with Crippen LogP contribution in [0, 0.1) is 11.8 Å². The minimum absolute atomic E-state index is 0.0641. The molecule has 0 saturated heterocycles. The Bertz CT molecular complexity index is 262. The third-order valence-electron chi connectivity index (χ3n) is 1.07. The number of aliphatic hydroxyl groups is 1. The van der Waals surface area contributed by atoms with Crippen molar-refractivity contribution in [3.63, 3.8) is 0 Å². The van der Waals surface area contributed by atoms with Crippen LogP contribution in [0.1, 0.15) is 18.4 Å². The maximum Gasteiger partial charge on any atom is 0.177 e. The van der Waals surface area contributed by atoms with Gasteiger partial charge < -0.3 is 9.52 Å². The van der Waals surface area contributed by atoms with Crippen molar-refractivity contribution in [3.05, 3.63) is 23.7 Å². The zero-order chi connectivity index (χ0) is 7.40. The Morgan fingerprint density at radius 2 is 2.40 bits per heavy atom. The average molecular weight is 136 g/mol. The summed E-state index contributed by atoms with van der Waals surface area (Å²) in [5.41, 5.74) is 0. The minimum Gasteiger partial charge on any atom is -0.450 e. The fourth-order valence-corrected chi connectivity index (χ4v) is 0.653. The summed E-state index contributed by atoms with van der Waals surface area (Å²) in [6, 6.07) is 3.45. The zero-order valence-electron chi connectivity index (χ0n) is 5.72. The van der Waals surface area contributed by atoms with Crippen molar-refractivity contribution in [1.29, 1.82) is 0 Å². The van der Waals surface area contributed by atoms with E-state index in [9.17, 15) is 0 Å². The predicted molar refractivity (Wildman–Crippen MR) is 37.2 cm³/mol. The molecule has 0 fully saturated rings. The van der Waals surface area contributed by atoms with Crippen LogP contribution in [0.3, 0.4) is 0 Å². The molecule has 52 valence electrons. The molecule has 0 saturated carbocycles. The molecule has 1 rings (SSSR count). The summed E-state index contributed by atoms with van der Waals surface area (Å²) in [7, 11) is 0. The summed E-state index contributed by atoms with van der Waals surface area (Å²) >= 11 is 0. The third-order valence-corrected chi connectivity index (χ3v) is 1.07. The lowest BCUT2D eigenvalue weighted by molar-refractivity contribution is 0.246. The van der Waals surface area contributed by atoms with E-state index in [0.717, 1.165) is 0 Å². The maximum atomic E-state index is 8.58.